The maximum atomic E-state index is 13.3. The summed E-state index contributed by atoms with van der Waals surface area (Å²) in [5.41, 5.74) is 0.744. The monoisotopic (exact) mass is 234 g/mol. The molecule has 3 nitrogen and oxygen atoms in total. The number of hydrogen-bond donors (Lipinski definition) is 2. The molecule has 0 aromatic heterocycles. The van der Waals surface area contributed by atoms with Gasteiger partial charge < -0.3 is 10.2 Å². The molecular weight excluding hydrogens is 223 g/mol. The van der Waals surface area contributed by atoms with Crippen LogP contribution in [0, 0.1) is 17.7 Å². The van der Waals surface area contributed by atoms with E-state index < -0.39 is 11.8 Å². The van der Waals surface area contributed by atoms with Crippen LogP contribution in [0.2, 0.25) is 0 Å². The van der Waals surface area contributed by atoms with E-state index >= 15 is 0 Å². The summed E-state index contributed by atoms with van der Waals surface area (Å²) >= 11 is 0. The molecule has 0 atom stereocenters. The fraction of sp³-hybridized carbons (Fsp3) is 0.154. The predicted molar refractivity (Wildman–Crippen MR) is 61.7 cm³/mol. The molecule has 0 spiro atoms. The first-order chi connectivity index (χ1) is 8.13. The summed E-state index contributed by atoms with van der Waals surface area (Å²) in [5, 5.41) is 17.0. The Morgan fingerprint density at radius 1 is 1.47 bits per heavy atom. The molecule has 17 heavy (non-hydrogen) atoms. The molecule has 0 radical (unpaired) electrons. The number of carbonyl (C=O) groups is 1. The van der Waals surface area contributed by atoms with Crippen LogP contribution in [0.3, 0.4) is 0 Å². The van der Waals surface area contributed by atoms with Gasteiger partial charge in [0.05, 0.1) is 6.61 Å². The molecule has 0 aliphatic rings. The summed E-state index contributed by atoms with van der Waals surface area (Å²) in [6.45, 7) is -0.0278. The first-order valence-corrected chi connectivity index (χ1v) is 4.94. The predicted octanol–water partition coefficient (Wildman–Crippen LogP) is 1.66. The van der Waals surface area contributed by atoms with Crippen molar-refractivity contribution in [3.05, 3.63) is 41.2 Å². The third-order valence-electron chi connectivity index (χ3n) is 1.87. The van der Waals surface area contributed by atoms with E-state index in [1.807, 2.05) is 0 Å². The molecule has 2 N–H and O–H groups in total. The first kappa shape index (κ1) is 12.9. The number of benzene rings is 1. The van der Waals surface area contributed by atoms with Crippen molar-refractivity contribution in [2.45, 2.75) is 6.42 Å². The molecule has 0 saturated carbocycles. The maximum Gasteiger partial charge on any atom is 0.328 e. The number of carboxylic acids is 1. The second-order valence-electron chi connectivity index (χ2n) is 3.18. The molecule has 0 unspecified atom stereocenters. The Morgan fingerprint density at radius 2 is 2.24 bits per heavy atom. The second-order valence-corrected chi connectivity index (χ2v) is 3.18. The van der Waals surface area contributed by atoms with Gasteiger partial charge in [0.2, 0.25) is 0 Å². The third kappa shape index (κ3) is 4.49. The smallest absolute Gasteiger partial charge is 0.328 e. The molecule has 0 heterocycles. The fourth-order valence-electron chi connectivity index (χ4n) is 1.13. The molecule has 1 aromatic rings. The van der Waals surface area contributed by atoms with Crippen molar-refractivity contribution in [1.82, 2.24) is 0 Å². The Bertz CT molecular complexity index is 495. The lowest BCUT2D eigenvalue weighted by molar-refractivity contribution is -0.131. The average Bonchev–Trinajstić information content (AvgIpc) is 2.29. The van der Waals surface area contributed by atoms with Crippen molar-refractivity contribution in [2.24, 2.45) is 0 Å². The largest absolute Gasteiger partial charge is 0.478 e. The van der Waals surface area contributed by atoms with E-state index in [1.54, 1.807) is 0 Å². The highest BCUT2D eigenvalue weighted by Gasteiger charge is 1.99. The lowest BCUT2D eigenvalue weighted by Crippen LogP contribution is -1.89. The minimum atomic E-state index is -1.14. The molecule has 0 saturated heterocycles. The number of carboxylic acid groups (broad SMARTS) is 1. The number of aliphatic carboxylic acids is 1. The van der Waals surface area contributed by atoms with Gasteiger partial charge in [-0.1, -0.05) is 11.8 Å². The van der Waals surface area contributed by atoms with Gasteiger partial charge in [0, 0.05) is 23.6 Å². The Hall–Kier alpha value is -2.12. The summed E-state index contributed by atoms with van der Waals surface area (Å²) in [6.07, 6.45) is 2.38. The number of halogens is 1. The number of rotatable bonds is 3. The quantitative estimate of drug-likeness (QED) is 0.617. The second kappa shape index (κ2) is 6.46. The van der Waals surface area contributed by atoms with E-state index in [1.165, 1.54) is 24.3 Å². The number of aliphatic hydroxyl groups is 1. The van der Waals surface area contributed by atoms with E-state index in [2.05, 4.69) is 11.8 Å². The molecule has 1 aromatic carbocycles. The minimum Gasteiger partial charge on any atom is -0.478 e. The summed E-state index contributed by atoms with van der Waals surface area (Å²) in [4.78, 5) is 10.3. The molecule has 0 amide bonds. The summed E-state index contributed by atoms with van der Waals surface area (Å²) < 4.78 is 13.3. The van der Waals surface area contributed by atoms with Crippen LogP contribution in [0.1, 0.15) is 17.5 Å². The fourth-order valence-corrected chi connectivity index (χ4v) is 1.13. The van der Waals surface area contributed by atoms with E-state index in [0.29, 0.717) is 12.0 Å². The van der Waals surface area contributed by atoms with Crippen molar-refractivity contribution in [3.63, 3.8) is 0 Å². The zero-order valence-corrected chi connectivity index (χ0v) is 8.98. The highest BCUT2D eigenvalue weighted by molar-refractivity contribution is 5.85. The van der Waals surface area contributed by atoms with Gasteiger partial charge in [-0.05, 0) is 24.3 Å². The Labute approximate surface area is 98.2 Å². The SMILES string of the molecule is O=C(O)/C=C/c1cc(C#CCCO)ccc1F. The van der Waals surface area contributed by atoms with Crippen LogP contribution in [0.4, 0.5) is 4.39 Å². The molecule has 1 rings (SSSR count). The van der Waals surface area contributed by atoms with Crippen molar-refractivity contribution in [3.8, 4) is 11.8 Å². The standard InChI is InChI=1S/C13H11FO3/c14-12-6-4-10(3-1-2-8-15)9-11(12)5-7-13(16)17/h4-7,9,15H,2,8H2,(H,16,17)/b7-5+. The lowest BCUT2D eigenvalue weighted by Gasteiger charge is -1.97. The van der Waals surface area contributed by atoms with E-state index in [-0.39, 0.29) is 12.2 Å². The topological polar surface area (TPSA) is 57.5 Å². The van der Waals surface area contributed by atoms with Crippen molar-refractivity contribution < 1.29 is 19.4 Å². The molecular formula is C13H11FO3. The van der Waals surface area contributed by atoms with E-state index in [9.17, 15) is 9.18 Å². The van der Waals surface area contributed by atoms with Gasteiger partial charge in [0.25, 0.3) is 0 Å². The van der Waals surface area contributed by atoms with Crippen molar-refractivity contribution in [1.29, 1.82) is 0 Å². The molecule has 0 fully saturated rings. The third-order valence-corrected chi connectivity index (χ3v) is 1.87. The number of hydrogen-bond acceptors (Lipinski definition) is 2. The van der Waals surface area contributed by atoms with Crippen LogP contribution in [0.5, 0.6) is 0 Å². The van der Waals surface area contributed by atoms with Gasteiger partial charge in [0.15, 0.2) is 0 Å². The van der Waals surface area contributed by atoms with Crippen LogP contribution >= 0.6 is 0 Å². The highest BCUT2D eigenvalue weighted by atomic mass is 19.1. The molecule has 4 heteroatoms. The molecule has 0 aliphatic carbocycles. The van der Waals surface area contributed by atoms with Gasteiger partial charge >= 0.3 is 5.97 Å². The maximum absolute atomic E-state index is 13.3. The van der Waals surface area contributed by atoms with Crippen molar-refractivity contribution in [2.75, 3.05) is 6.61 Å². The Balaban J connectivity index is 2.95. The molecule has 0 bridgehead atoms. The number of aliphatic hydroxyl groups excluding tert-OH is 1. The van der Waals surface area contributed by atoms with Gasteiger partial charge in [-0.2, -0.15) is 0 Å². The molecule has 88 valence electrons. The Kier molecular flexibility index (Phi) is 4.92. The van der Waals surface area contributed by atoms with Crippen LogP contribution in [-0.2, 0) is 4.79 Å². The normalized spacial score (nSPS) is 10.0. The Morgan fingerprint density at radius 3 is 2.88 bits per heavy atom. The zero-order chi connectivity index (χ0) is 12.7. The first-order valence-electron chi connectivity index (χ1n) is 4.94. The van der Waals surface area contributed by atoms with Crippen LogP contribution in [-0.4, -0.2) is 22.8 Å². The van der Waals surface area contributed by atoms with Crippen LogP contribution in [0.25, 0.3) is 6.08 Å². The van der Waals surface area contributed by atoms with Crippen molar-refractivity contribution >= 4 is 12.0 Å². The summed E-state index contributed by atoms with van der Waals surface area (Å²) in [7, 11) is 0. The van der Waals surface area contributed by atoms with Gasteiger partial charge in [-0.25, -0.2) is 9.18 Å². The van der Waals surface area contributed by atoms with Gasteiger partial charge in [-0.15, -0.1) is 0 Å². The van der Waals surface area contributed by atoms with Gasteiger partial charge in [-0.3, -0.25) is 0 Å². The highest BCUT2D eigenvalue weighted by Crippen LogP contribution is 2.11. The molecule has 0 aliphatic heterocycles. The summed E-state index contributed by atoms with van der Waals surface area (Å²) in [6, 6.07) is 4.18. The minimum absolute atomic E-state index is 0.0278. The van der Waals surface area contributed by atoms with Crippen LogP contribution in [0.15, 0.2) is 24.3 Å². The van der Waals surface area contributed by atoms with Crippen LogP contribution < -0.4 is 0 Å². The zero-order valence-electron chi connectivity index (χ0n) is 8.98. The summed E-state index contributed by atoms with van der Waals surface area (Å²) in [5.74, 6) is 3.80. The van der Waals surface area contributed by atoms with Gasteiger partial charge in [0.1, 0.15) is 5.82 Å². The average molecular weight is 234 g/mol. The lowest BCUT2D eigenvalue weighted by atomic mass is 10.1. The van der Waals surface area contributed by atoms with E-state index in [0.717, 1.165) is 6.08 Å². The van der Waals surface area contributed by atoms with E-state index in [4.69, 9.17) is 10.2 Å².